The summed E-state index contributed by atoms with van der Waals surface area (Å²) in [6.45, 7) is 2.45. The van der Waals surface area contributed by atoms with E-state index >= 15 is 0 Å². The molecule has 2 aromatic carbocycles. The van der Waals surface area contributed by atoms with E-state index in [-0.39, 0.29) is 18.2 Å². The van der Waals surface area contributed by atoms with E-state index in [0.29, 0.717) is 22.3 Å². The highest BCUT2D eigenvalue weighted by molar-refractivity contribution is 6.35. The van der Waals surface area contributed by atoms with Gasteiger partial charge < -0.3 is 10.2 Å². The molecular formula is C19H18Cl2N2O2. The number of benzene rings is 2. The summed E-state index contributed by atoms with van der Waals surface area (Å²) in [4.78, 5) is 26.5. The fourth-order valence-corrected chi connectivity index (χ4v) is 3.44. The largest absolute Gasteiger partial charge is 0.326 e. The second-order valence-corrected chi connectivity index (χ2v) is 6.95. The third kappa shape index (κ3) is 4.14. The van der Waals surface area contributed by atoms with Crippen molar-refractivity contribution in [1.29, 1.82) is 0 Å². The van der Waals surface area contributed by atoms with Crippen molar-refractivity contribution in [1.82, 2.24) is 0 Å². The quantitative estimate of drug-likeness (QED) is 0.850. The van der Waals surface area contributed by atoms with Crippen molar-refractivity contribution in [3.63, 3.8) is 0 Å². The summed E-state index contributed by atoms with van der Waals surface area (Å²) in [5.74, 6) is -0.663. The van der Waals surface area contributed by atoms with Gasteiger partial charge in [-0.1, -0.05) is 42.3 Å². The molecule has 2 amide bonds. The predicted octanol–water partition coefficient (Wildman–Crippen LogP) is 4.55. The molecule has 1 aliphatic heterocycles. The molecule has 0 spiro atoms. The minimum absolute atomic E-state index is 0.0477. The first-order valence-electron chi connectivity index (χ1n) is 8.12. The van der Waals surface area contributed by atoms with E-state index in [1.807, 2.05) is 24.3 Å². The zero-order valence-corrected chi connectivity index (χ0v) is 15.3. The molecule has 0 radical (unpaired) electrons. The number of rotatable bonds is 4. The summed E-state index contributed by atoms with van der Waals surface area (Å²) in [5, 5.41) is 3.68. The molecule has 3 rings (SSSR count). The Morgan fingerprint density at radius 1 is 1.16 bits per heavy atom. The van der Waals surface area contributed by atoms with Crippen LogP contribution in [0.1, 0.15) is 18.9 Å². The summed E-state index contributed by atoms with van der Waals surface area (Å²) in [7, 11) is 0. The zero-order valence-electron chi connectivity index (χ0n) is 13.8. The number of hydrogen-bond donors (Lipinski definition) is 1. The van der Waals surface area contributed by atoms with Crippen LogP contribution in [0, 0.1) is 5.92 Å². The van der Waals surface area contributed by atoms with Crippen LogP contribution in [-0.4, -0.2) is 18.4 Å². The second-order valence-electron chi connectivity index (χ2n) is 6.07. The molecule has 0 saturated carbocycles. The van der Waals surface area contributed by atoms with Crippen LogP contribution in [-0.2, 0) is 16.0 Å². The molecular weight excluding hydrogens is 359 g/mol. The number of anilines is 2. The van der Waals surface area contributed by atoms with Crippen molar-refractivity contribution < 1.29 is 9.59 Å². The third-order valence-corrected chi connectivity index (χ3v) is 4.72. The Morgan fingerprint density at radius 2 is 1.80 bits per heavy atom. The van der Waals surface area contributed by atoms with Gasteiger partial charge in [0.1, 0.15) is 0 Å². The van der Waals surface area contributed by atoms with Gasteiger partial charge in [0.05, 0.1) is 5.92 Å². The fraction of sp³-hybridized carbons (Fsp3) is 0.263. The molecule has 4 nitrogen and oxygen atoms in total. The molecule has 2 aromatic rings. The van der Waals surface area contributed by atoms with Gasteiger partial charge in [-0.05, 0) is 42.3 Å². The molecule has 6 heteroatoms. The van der Waals surface area contributed by atoms with Gasteiger partial charge in [-0.15, -0.1) is 0 Å². The fourth-order valence-electron chi connectivity index (χ4n) is 2.91. The van der Waals surface area contributed by atoms with Gasteiger partial charge in [0.25, 0.3) is 0 Å². The molecule has 0 bridgehead atoms. The molecule has 1 saturated heterocycles. The van der Waals surface area contributed by atoms with Crippen LogP contribution >= 0.6 is 23.2 Å². The number of hydrogen-bond acceptors (Lipinski definition) is 2. The van der Waals surface area contributed by atoms with E-state index in [1.54, 1.807) is 23.1 Å². The number of aryl methyl sites for hydroxylation is 1. The van der Waals surface area contributed by atoms with Gasteiger partial charge in [0.15, 0.2) is 0 Å². The van der Waals surface area contributed by atoms with Crippen LogP contribution in [0.2, 0.25) is 10.0 Å². The van der Waals surface area contributed by atoms with Gasteiger partial charge in [-0.2, -0.15) is 0 Å². The van der Waals surface area contributed by atoms with E-state index in [9.17, 15) is 9.59 Å². The first kappa shape index (κ1) is 17.8. The number of carbonyl (C=O) groups is 2. The maximum absolute atomic E-state index is 12.5. The summed E-state index contributed by atoms with van der Waals surface area (Å²) in [5.41, 5.74) is 2.56. The Kier molecular flexibility index (Phi) is 5.30. The van der Waals surface area contributed by atoms with Gasteiger partial charge in [0.2, 0.25) is 11.8 Å². The van der Waals surface area contributed by atoms with Gasteiger partial charge in [0, 0.05) is 34.4 Å². The molecule has 25 heavy (non-hydrogen) atoms. The van der Waals surface area contributed by atoms with Crippen LogP contribution in [0.5, 0.6) is 0 Å². The summed E-state index contributed by atoms with van der Waals surface area (Å²) in [6, 6.07) is 12.7. The van der Waals surface area contributed by atoms with Gasteiger partial charge in [-0.25, -0.2) is 0 Å². The number of nitrogens with one attached hydrogen (secondary N) is 1. The minimum atomic E-state index is -0.406. The lowest BCUT2D eigenvalue weighted by atomic mass is 10.1. The number of halogens is 2. The minimum Gasteiger partial charge on any atom is -0.326 e. The number of carbonyl (C=O) groups excluding carboxylic acids is 2. The van der Waals surface area contributed by atoms with Crippen LogP contribution in [0.25, 0.3) is 0 Å². The molecule has 1 aliphatic rings. The van der Waals surface area contributed by atoms with Crippen molar-refractivity contribution in [3.8, 4) is 0 Å². The van der Waals surface area contributed by atoms with Crippen LogP contribution in [0.3, 0.4) is 0 Å². The molecule has 1 atom stereocenters. The Labute approximate surface area is 156 Å². The average Bonchev–Trinajstić information content (AvgIpc) is 2.96. The van der Waals surface area contributed by atoms with E-state index in [4.69, 9.17) is 23.2 Å². The molecule has 1 N–H and O–H groups in total. The summed E-state index contributed by atoms with van der Waals surface area (Å²) < 4.78 is 0. The Balaban J connectivity index is 1.69. The SMILES string of the molecule is CCc1ccc(N2C[C@H](C(=O)Nc3cc(Cl)cc(Cl)c3)CC2=O)cc1. The van der Waals surface area contributed by atoms with E-state index in [1.165, 1.54) is 5.56 Å². The van der Waals surface area contributed by atoms with Crippen molar-refractivity contribution in [2.24, 2.45) is 5.92 Å². The first-order valence-corrected chi connectivity index (χ1v) is 8.88. The standard InChI is InChI=1S/C19H18Cl2N2O2/c1-2-12-3-5-17(6-4-12)23-11-13(7-18(23)24)19(25)22-16-9-14(20)8-15(21)10-16/h3-6,8-10,13H,2,7,11H2,1H3,(H,22,25)/t13-/m1/s1. The maximum Gasteiger partial charge on any atom is 0.229 e. The summed E-state index contributed by atoms with van der Waals surface area (Å²) >= 11 is 11.9. The molecule has 1 heterocycles. The van der Waals surface area contributed by atoms with Crippen molar-refractivity contribution >= 4 is 46.4 Å². The maximum atomic E-state index is 12.5. The van der Waals surface area contributed by atoms with E-state index in [0.717, 1.165) is 12.1 Å². The lowest BCUT2D eigenvalue weighted by Crippen LogP contribution is -2.28. The highest BCUT2D eigenvalue weighted by Crippen LogP contribution is 2.28. The lowest BCUT2D eigenvalue weighted by Gasteiger charge is -2.17. The van der Waals surface area contributed by atoms with E-state index < -0.39 is 5.92 Å². The summed E-state index contributed by atoms with van der Waals surface area (Å²) in [6.07, 6.45) is 1.14. The van der Waals surface area contributed by atoms with Gasteiger partial charge >= 0.3 is 0 Å². The van der Waals surface area contributed by atoms with Crippen molar-refractivity contribution in [2.45, 2.75) is 19.8 Å². The first-order chi connectivity index (χ1) is 12.0. The molecule has 1 fully saturated rings. The third-order valence-electron chi connectivity index (χ3n) is 4.28. The van der Waals surface area contributed by atoms with Crippen molar-refractivity contribution in [2.75, 3.05) is 16.8 Å². The Bertz CT molecular complexity index is 785. The van der Waals surface area contributed by atoms with E-state index in [2.05, 4.69) is 12.2 Å². The van der Waals surface area contributed by atoms with Gasteiger partial charge in [-0.3, -0.25) is 9.59 Å². The Morgan fingerprint density at radius 3 is 2.40 bits per heavy atom. The van der Waals surface area contributed by atoms with Crippen LogP contribution in [0.4, 0.5) is 11.4 Å². The Hall–Kier alpha value is -2.04. The molecule has 0 aromatic heterocycles. The average molecular weight is 377 g/mol. The zero-order chi connectivity index (χ0) is 18.0. The smallest absolute Gasteiger partial charge is 0.229 e. The lowest BCUT2D eigenvalue weighted by molar-refractivity contribution is -0.122. The van der Waals surface area contributed by atoms with Crippen LogP contribution in [0.15, 0.2) is 42.5 Å². The molecule has 0 unspecified atom stereocenters. The predicted molar refractivity (Wildman–Crippen MR) is 101 cm³/mol. The highest BCUT2D eigenvalue weighted by Gasteiger charge is 2.35. The van der Waals surface area contributed by atoms with Crippen molar-refractivity contribution in [3.05, 3.63) is 58.1 Å². The molecule has 130 valence electrons. The van der Waals surface area contributed by atoms with Crippen LogP contribution < -0.4 is 10.2 Å². The number of amides is 2. The number of nitrogens with zero attached hydrogens (tertiary/aromatic N) is 1. The second kappa shape index (κ2) is 7.46. The highest BCUT2D eigenvalue weighted by atomic mass is 35.5. The normalized spacial score (nSPS) is 17.0. The topological polar surface area (TPSA) is 49.4 Å². The monoisotopic (exact) mass is 376 g/mol. The molecule has 0 aliphatic carbocycles.